The molecule has 0 aromatic rings. The average molecular weight is 494 g/mol. The maximum absolute atomic E-state index is 12.0. The lowest BCUT2D eigenvalue weighted by atomic mass is 9.98. The predicted molar refractivity (Wildman–Crippen MR) is 122 cm³/mol. The highest BCUT2D eigenvalue weighted by atomic mass is 127. The van der Waals surface area contributed by atoms with E-state index in [4.69, 9.17) is 4.74 Å². The monoisotopic (exact) mass is 494 g/mol. The van der Waals surface area contributed by atoms with E-state index in [0.717, 1.165) is 44.2 Å². The molecule has 0 saturated carbocycles. The number of nitrogens with one attached hydrogen (secondary N) is 1. The summed E-state index contributed by atoms with van der Waals surface area (Å²) in [7, 11) is 1.82. The minimum absolute atomic E-state index is 0. The van der Waals surface area contributed by atoms with E-state index in [2.05, 4.69) is 27.0 Å². The van der Waals surface area contributed by atoms with Crippen molar-refractivity contribution in [2.75, 3.05) is 52.9 Å². The summed E-state index contributed by atoms with van der Waals surface area (Å²) in [5.74, 6) is 1.68. The van der Waals surface area contributed by atoms with Gasteiger partial charge in [-0.1, -0.05) is 6.92 Å². The Labute approximate surface area is 182 Å². The Hall–Kier alpha value is -0.570. The molecule has 0 bridgehead atoms. The predicted octanol–water partition coefficient (Wildman–Crippen LogP) is 2.97. The second-order valence-corrected chi connectivity index (χ2v) is 7.77. The van der Waals surface area contributed by atoms with Crippen LogP contribution in [0.25, 0.3) is 0 Å². The quantitative estimate of drug-likeness (QED) is 0.194. The first-order chi connectivity index (χ1) is 12.6. The number of likely N-dealkylation sites (tertiary alicyclic amines) is 2. The van der Waals surface area contributed by atoms with Crippen LogP contribution < -0.4 is 5.32 Å². The second-order valence-electron chi connectivity index (χ2n) is 7.77. The number of esters is 1. The van der Waals surface area contributed by atoms with Gasteiger partial charge in [-0.15, -0.1) is 24.0 Å². The fraction of sp³-hybridized carbons (Fsp3) is 0.900. The number of guanidine groups is 1. The zero-order valence-corrected chi connectivity index (χ0v) is 19.7. The van der Waals surface area contributed by atoms with Crippen molar-refractivity contribution < 1.29 is 9.53 Å². The van der Waals surface area contributed by atoms with Crippen LogP contribution in [0.5, 0.6) is 0 Å². The largest absolute Gasteiger partial charge is 0.466 e. The van der Waals surface area contributed by atoms with Crippen molar-refractivity contribution in [1.29, 1.82) is 0 Å². The molecule has 0 amide bonds. The third kappa shape index (κ3) is 8.54. The smallest absolute Gasteiger partial charge is 0.310 e. The maximum atomic E-state index is 12.0. The number of carbonyl (C=O) groups excluding carboxylic acids is 1. The maximum Gasteiger partial charge on any atom is 0.310 e. The van der Waals surface area contributed by atoms with Gasteiger partial charge in [-0.2, -0.15) is 0 Å². The molecule has 27 heavy (non-hydrogen) atoms. The van der Waals surface area contributed by atoms with E-state index < -0.39 is 0 Å². The Kier molecular flexibility index (Phi) is 12.3. The van der Waals surface area contributed by atoms with Crippen LogP contribution in [0, 0.1) is 11.8 Å². The summed E-state index contributed by atoms with van der Waals surface area (Å²) in [6.45, 7) is 11.0. The van der Waals surface area contributed by atoms with Crippen LogP contribution in [0.4, 0.5) is 0 Å². The standard InChI is InChI=1S/C20H38N4O2.HI/c1-4-26-19(25)18-10-8-14-24(16-18)20(21-3)22-11-5-6-12-23-13-7-9-17(2)15-23;/h17-18H,4-16H2,1-3H3,(H,21,22);1H. The zero-order valence-electron chi connectivity index (χ0n) is 17.4. The van der Waals surface area contributed by atoms with Gasteiger partial charge in [-0.3, -0.25) is 9.79 Å². The van der Waals surface area contributed by atoms with Gasteiger partial charge in [0, 0.05) is 33.2 Å². The molecule has 0 radical (unpaired) electrons. The van der Waals surface area contributed by atoms with Gasteiger partial charge in [0.25, 0.3) is 0 Å². The number of aliphatic imine (C=N–C) groups is 1. The van der Waals surface area contributed by atoms with Gasteiger partial charge in [0.05, 0.1) is 12.5 Å². The number of nitrogens with zero attached hydrogens (tertiary/aromatic N) is 3. The lowest BCUT2D eigenvalue weighted by molar-refractivity contribution is -0.149. The van der Waals surface area contributed by atoms with Crippen LogP contribution in [0.15, 0.2) is 4.99 Å². The third-order valence-corrected chi connectivity index (χ3v) is 5.48. The zero-order chi connectivity index (χ0) is 18.8. The molecule has 2 aliphatic heterocycles. The number of carbonyl (C=O) groups is 1. The van der Waals surface area contributed by atoms with Crippen LogP contribution >= 0.6 is 24.0 Å². The van der Waals surface area contributed by atoms with Crippen molar-refractivity contribution in [2.24, 2.45) is 16.8 Å². The average Bonchev–Trinajstić information content (AvgIpc) is 2.65. The first kappa shape index (κ1) is 24.5. The molecule has 2 aliphatic rings. The molecule has 2 saturated heterocycles. The molecular weight excluding hydrogens is 455 g/mol. The summed E-state index contributed by atoms with van der Waals surface area (Å²) in [6.07, 6.45) is 7.04. The van der Waals surface area contributed by atoms with Gasteiger partial charge in [-0.25, -0.2) is 0 Å². The molecule has 2 unspecified atom stereocenters. The summed E-state index contributed by atoms with van der Waals surface area (Å²) in [5, 5.41) is 3.48. The summed E-state index contributed by atoms with van der Waals surface area (Å²) in [4.78, 5) is 21.2. The third-order valence-electron chi connectivity index (χ3n) is 5.48. The van der Waals surface area contributed by atoms with Gasteiger partial charge in [0.15, 0.2) is 5.96 Å². The highest BCUT2D eigenvalue weighted by molar-refractivity contribution is 14.0. The molecule has 0 aromatic heterocycles. The molecule has 2 atom stereocenters. The molecule has 7 heteroatoms. The summed E-state index contributed by atoms with van der Waals surface area (Å²) in [5.41, 5.74) is 0. The SMILES string of the molecule is CCOC(=O)C1CCCN(C(=NC)NCCCCN2CCCC(C)C2)C1.I. The van der Waals surface area contributed by atoms with Crippen molar-refractivity contribution >= 4 is 35.9 Å². The number of unbranched alkanes of at least 4 members (excludes halogenated alkanes) is 1. The number of halogens is 1. The second kappa shape index (κ2) is 13.6. The normalized spacial score (nSPS) is 24.3. The van der Waals surface area contributed by atoms with E-state index in [1.165, 1.54) is 38.9 Å². The number of ether oxygens (including phenoxy) is 1. The number of hydrogen-bond acceptors (Lipinski definition) is 4. The highest BCUT2D eigenvalue weighted by Crippen LogP contribution is 2.18. The first-order valence-corrected chi connectivity index (χ1v) is 10.5. The molecule has 2 fully saturated rings. The molecule has 0 aliphatic carbocycles. The van der Waals surface area contributed by atoms with Gasteiger partial charge in [0.2, 0.25) is 0 Å². The molecular formula is C20H39IN4O2. The lowest BCUT2D eigenvalue weighted by Crippen LogP contribution is -2.48. The fourth-order valence-electron chi connectivity index (χ4n) is 4.10. The van der Waals surface area contributed by atoms with Crippen molar-refractivity contribution in [1.82, 2.24) is 15.1 Å². The van der Waals surface area contributed by atoms with Crippen LogP contribution in [0.1, 0.15) is 52.4 Å². The molecule has 2 heterocycles. The Morgan fingerprint density at radius 3 is 2.67 bits per heavy atom. The molecule has 158 valence electrons. The Morgan fingerprint density at radius 1 is 1.19 bits per heavy atom. The van der Waals surface area contributed by atoms with E-state index in [1.54, 1.807) is 0 Å². The van der Waals surface area contributed by atoms with Crippen molar-refractivity contribution in [3.05, 3.63) is 0 Å². The van der Waals surface area contributed by atoms with Crippen molar-refractivity contribution in [3.63, 3.8) is 0 Å². The summed E-state index contributed by atoms with van der Waals surface area (Å²) < 4.78 is 5.19. The molecule has 1 N–H and O–H groups in total. The van der Waals surface area contributed by atoms with Crippen LogP contribution in [0.3, 0.4) is 0 Å². The minimum Gasteiger partial charge on any atom is -0.466 e. The van der Waals surface area contributed by atoms with Gasteiger partial charge >= 0.3 is 5.97 Å². The summed E-state index contributed by atoms with van der Waals surface area (Å²) in [6, 6.07) is 0. The first-order valence-electron chi connectivity index (χ1n) is 10.5. The van der Waals surface area contributed by atoms with Crippen molar-refractivity contribution in [3.8, 4) is 0 Å². The van der Waals surface area contributed by atoms with E-state index >= 15 is 0 Å². The van der Waals surface area contributed by atoms with Crippen LogP contribution in [-0.2, 0) is 9.53 Å². The summed E-state index contributed by atoms with van der Waals surface area (Å²) >= 11 is 0. The molecule has 0 aromatic carbocycles. The van der Waals surface area contributed by atoms with Gasteiger partial charge < -0.3 is 19.9 Å². The van der Waals surface area contributed by atoms with Gasteiger partial charge in [0.1, 0.15) is 0 Å². The molecule has 0 spiro atoms. The van der Waals surface area contributed by atoms with E-state index in [-0.39, 0.29) is 35.9 Å². The number of rotatable bonds is 7. The van der Waals surface area contributed by atoms with Crippen LogP contribution in [-0.4, -0.2) is 74.7 Å². The topological polar surface area (TPSA) is 57.2 Å². The fourth-order valence-corrected chi connectivity index (χ4v) is 4.10. The molecule has 2 rings (SSSR count). The van der Waals surface area contributed by atoms with E-state index in [0.29, 0.717) is 13.2 Å². The Morgan fingerprint density at radius 2 is 1.96 bits per heavy atom. The minimum atomic E-state index is -0.0663. The lowest BCUT2D eigenvalue weighted by Gasteiger charge is -2.34. The van der Waals surface area contributed by atoms with Crippen LogP contribution in [0.2, 0.25) is 0 Å². The van der Waals surface area contributed by atoms with E-state index in [1.807, 2.05) is 14.0 Å². The van der Waals surface area contributed by atoms with Gasteiger partial charge in [-0.05, 0) is 64.5 Å². The number of hydrogen-bond donors (Lipinski definition) is 1. The Bertz CT molecular complexity index is 461. The highest BCUT2D eigenvalue weighted by Gasteiger charge is 2.28. The van der Waals surface area contributed by atoms with E-state index in [9.17, 15) is 4.79 Å². The van der Waals surface area contributed by atoms with Crippen molar-refractivity contribution in [2.45, 2.75) is 52.4 Å². The Balaban J connectivity index is 0.00000364. The molecule has 6 nitrogen and oxygen atoms in total. The number of piperidine rings is 2.